The van der Waals surface area contributed by atoms with Crippen molar-refractivity contribution in [2.45, 2.75) is 79.3 Å². The average Bonchev–Trinajstić information content (AvgIpc) is 3.91. The SMILES string of the molecule is Cc1cc([Si](C)(C)C)ccc1N(c1cc(N(c2ccc([Si](C)(C)C)cc2C)c2cccc3c2sc2ccccc23)c2ccc3cc(C(C)(C)C)cc4ccc1c2c43)c1cccc2c1sc1ccccc12. The molecule has 0 saturated heterocycles. The summed E-state index contributed by atoms with van der Waals surface area (Å²) in [6, 6.07) is 63.6. The molecule has 2 aromatic heterocycles. The van der Waals surface area contributed by atoms with E-state index >= 15 is 0 Å². The van der Waals surface area contributed by atoms with E-state index in [-0.39, 0.29) is 5.41 Å². The quantitative estimate of drug-likeness (QED) is 0.111. The number of thiophene rings is 2. The molecule has 346 valence electrons. The molecule has 0 aliphatic carbocycles. The maximum atomic E-state index is 2.64. The predicted octanol–water partition coefficient (Wildman–Crippen LogP) is 19.3. The second-order valence-electron chi connectivity index (χ2n) is 22.7. The van der Waals surface area contributed by atoms with Crippen molar-refractivity contribution in [3.8, 4) is 0 Å². The molecule has 0 fully saturated rings. The molecule has 0 amide bonds. The van der Waals surface area contributed by atoms with Gasteiger partial charge in [-0.3, -0.25) is 0 Å². The maximum Gasteiger partial charge on any atom is 0.0776 e. The van der Waals surface area contributed by atoms with Crippen LogP contribution in [0.15, 0.2) is 164 Å². The molecular formula is C64H60N2S2Si2. The van der Waals surface area contributed by atoms with Crippen LogP contribution in [-0.2, 0) is 5.41 Å². The van der Waals surface area contributed by atoms with Gasteiger partial charge in [-0.25, -0.2) is 0 Å². The second kappa shape index (κ2) is 16.1. The van der Waals surface area contributed by atoms with Crippen LogP contribution in [0.3, 0.4) is 0 Å². The lowest BCUT2D eigenvalue weighted by atomic mass is 9.83. The molecule has 12 rings (SSSR count). The highest BCUT2D eigenvalue weighted by molar-refractivity contribution is 7.26. The Kier molecular flexibility index (Phi) is 10.3. The first-order valence-electron chi connectivity index (χ1n) is 24.8. The van der Waals surface area contributed by atoms with Crippen molar-refractivity contribution in [2.75, 3.05) is 9.80 Å². The van der Waals surface area contributed by atoms with Crippen LogP contribution in [0, 0.1) is 13.8 Å². The molecule has 0 bridgehead atoms. The summed E-state index contributed by atoms with van der Waals surface area (Å²) in [7, 11) is -3.26. The Morgan fingerprint density at radius 3 is 1.21 bits per heavy atom. The third-order valence-electron chi connectivity index (χ3n) is 14.9. The van der Waals surface area contributed by atoms with Crippen LogP contribution in [0.1, 0.15) is 37.5 Å². The van der Waals surface area contributed by atoms with Gasteiger partial charge in [0.15, 0.2) is 0 Å². The zero-order chi connectivity index (χ0) is 48.6. The van der Waals surface area contributed by atoms with E-state index in [1.165, 1.54) is 134 Å². The molecule has 2 nitrogen and oxygen atoms in total. The summed E-state index contributed by atoms with van der Waals surface area (Å²) in [6.07, 6.45) is 0. The van der Waals surface area contributed by atoms with Crippen LogP contribution < -0.4 is 20.2 Å². The molecule has 12 aromatic rings. The number of rotatable bonds is 8. The van der Waals surface area contributed by atoms with Crippen molar-refractivity contribution < 1.29 is 0 Å². The summed E-state index contributed by atoms with van der Waals surface area (Å²) in [5.41, 5.74) is 11.1. The molecule has 10 aromatic carbocycles. The number of hydrogen-bond acceptors (Lipinski definition) is 4. The lowest BCUT2D eigenvalue weighted by Gasteiger charge is -2.34. The van der Waals surface area contributed by atoms with Crippen molar-refractivity contribution in [2.24, 2.45) is 0 Å². The summed E-state index contributed by atoms with van der Waals surface area (Å²) in [6.45, 7) is 26.4. The maximum absolute atomic E-state index is 2.64. The highest BCUT2D eigenvalue weighted by Gasteiger charge is 2.30. The second-order valence-corrected chi connectivity index (χ2v) is 35.0. The molecule has 2 heterocycles. The van der Waals surface area contributed by atoms with Crippen LogP contribution in [0.25, 0.3) is 72.7 Å². The Morgan fingerprint density at radius 1 is 0.371 bits per heavy atom. The van der Waals surface area contributed by atoms with Crippen LogP contribution in [0.2, 0.25) is 39.3 Å². The number of benzene rings is 10. The molecular weight excluding hydrogens is 917 g/mol. The van der Waals surface area contributed by atoms with E-state index in [0.29, 0.717) is 0 Å². The minimum absolute atomic E-state index is 0.000558. The Morgan fingerprint density at radius 2 is 0.800 bits per heavy atom. The smallest absolute Gasteiger partial charge is 0.0776 e. The van der Waals surface area contributed by atoms with E-state index in [4.69, 9.17) is 0 Å². The van der Waals surface area contributed by atoms with Crippen LogP contribution in [0.4, 0.5) is 34.1 Å². The van der Waals surface area contributed by atoms with E-state index in [0.717, 1.165) is 0 Å². The zero-order valence-corrected chi connectivity index (χ0v) is 45.9. The monoisotopic (exact) mass is 976 g/mol. The summed E-state index contributed by atoms with van der Waals surface area (Å²) >= 11 is 3.82. The first-order chi connectivity index (χ1) is 33.4. The number of aryl methyl sites for hydroxylation is 2. The molecule has 0 saturated carbocycles. The summed E-state index contributed by atoms with van der Waals surface area (Å²) in [4.78, 5) is 5.27. The fourth-order valence-electron chi connectivity index (χ4n) is 11.0. The first-order valence-corrected chi connectivity index (χ1v) is 33.5. The molecule has 0 aliphatic rings. The molecule has 0 N–H and O–H groups in total. The summed E-state index contributed by atoms with van der Waals surface area (Å²) < 4.78 is 5.20. The molecule has 0 atom stereocenters. The van der Waals surface area contributed by atoms with Crippen LogP contribution >= 0.6 is 22.7 Å². The van der Waals surface area contributed by atoms with Gasteiger partial charge in [0.25, 0.3) is 0 Å². The largest absolute Gasteiger partial charge is 0.308 e. The van der Waals surface area contributed by atoms with E-state index in [9.17, 15) is 0 Å². The third kappa shape index (κ3) is 7.20. The number of hydrogen-bond donors (Lipinski definition) is 0. The topological polar surface area (TPSA) is 6.48 Å². The fourth-order valence-corrected chi connectivity index (χ4v) is 15.9. The predicted molar refractivity (Wildman–Crippen MR) is 319 cm³/mol. The van der Waals surface area contributed by atoms with Gasteiger partial charge in [0, 0.05) is 58.5 Å². The first kappa shape index (κ1) is 44.9. The molecule has 0 unspecified atom stereocenters. The molecule has 0 radical (unpaired) electrons. The Bertz CT molecular complexity index is 3810. The van der Waals surface area contributed by atoms with E-state index in [1.54, 1.807) is 0 Å². The van der Waals surface area contributed by atoms with Gasteiger partial charge in [-0.1, -0.05) is 192 Å². The summed E-state index contributed by atoms with van der Waals surface area (Å²) in [5.74, 6) is 0. The highest BCUT2D eigenvalue weighted by Crippen LogP contribution is 2.54. The van der Waals surface area contributed by atoms with Crippen molar-refractivity contribution in [3.63, 3.8) is 0 Å². The number of nitrogens with zero attached hydrogens (tertiary/aromatic N) is 2. The van der Waals surface area contributed by atoms with Crippen molar-refractivity contribution in [1.82, 2.24) is 0 Å². The van der Waals surface area contributed by atoms with E-state index < -0.39 is 16.1 Å². The number of fused-ring (bicyclic) bond motifs is 6. The van der Waals surface area contributed by atoms with Crippen molar-refractivity contribution in [3.05, 3.63) is 180 Å². The van der Waals surface area contributed by atoms with Crippen LogP contribution in [-0.4, -0.2) is 16.1 Å². The Balaban J connectivity index is 1.26. The van der Waals surface area contributed by atoms with Gasteiger partial charge in [0.05, 0.1) is 48.3 Å². The summed E-state index contributed by atoms with van der Waals surface area (Å²) in [5, 5.41) is 15.8. The molecule has 0 aliphatic heterocycles. The minimum Gasteiger partial charge on any atom is -0.308 e. The van der Waals surface area contributed by atoms with E-state index in [1.807, 2.05) is 22.7 Å². The van der Waals surface area contributed by atoms with Gasteiger partial charge in [-0.15, -0.1) is 22.7 Å². The lowest BCUT2D eigenvalue weighted by molar-refractivity contribution is 0.591. The van der Waals surface area contributed by atoms with Gasteiger partial charge >= 0.3 is 0 Å². The molecule has 6 heteroatoms. The highest BCUT2D eigenvalue weighted by atomic mass is 32.1. The third-order valence-corrected chi connectivity index (χ3v) is 21.4. The minimum atomic E-state index is -1.63. The zero-order valence-electron chi connectivity index (χ0n) is 42.3. The van der Waals surface area contributed by atoms with Gasteiger partial charge < -0.3 is 9.80 Å². The van der Waals surface area contributed by atoms with Gasteiger partial charge in [0.1, 0.15) is 0 Å². The Hall–Kier alpha value is -6.29. The normalized spacial score (nSPS) is 12.8. The van der Waals surface area contributed by atoms with Crippen molar-refractivity contribution >= 4 is 156 Å². The van der Waals surface area contributed by atoms with Gasteiger partial charge in [0.2, 0.25) is 0 Å². The average molecular weight is 978 g/mol. The molecule has 0 spiro atoms. The standard InChI is InChI=1S/C64H60N2S2Si2/c1-39-34-44(69(6,7)8)28-32-52(39)65(54-22-16-20-48-46-18-12-14-24-58(46)67-62(48)54)56-38-57(51-31-27-42-37-43(64(3,4)5)36-41-26-30-50(56)61(51)60(41)42)66(53-33-29-45(35-40(53)2)70(9,10)11)55-23-17-21-49-47-19-13-15-25-59(47)68-63(49)55/h12-38H,1-11H3. The van der Waals surface area contributed by atoms with Gasteiger partial charge in [-0.05, 0) is 94.6 Å². The lowest BCUT2D eigenvalue weighted by Crippen LogP contribution is -2.37. The Labute approximate surface area is 422 Å². The van der Waals surface area contributed by atoms with Crippen molar-refractivity contribution in [1.29, 1.82) is 0 Å². The van der Waals surface area contributed by atoms with E-state index in [2.05, 4.69) is 247 Å². The molecule has 70 heavy (non-hydrogen) atoms. The fraction of sp³-hybridized carbons (Fsp3) is 0.188. The van der Waals surface area contributed by atoms with Gasteiger partial charge in [-0.2, -0.15) is 0 Å². The van der Waals surface area contributed by atoms with Crippen LogP contribution in [0.5, 0.6) is 0 Å². The number of anilines is 6.